The first-order valence-electron chi connectivity index (χ1n) is 6.82. The summed E-state index contributed by atoms with van der Waals surface area (Å²) in [5, 5.41) is 3.58. The molecule has 0 unspecified atom stereocenters. The van der Waals surface area contributed by atoms with E-state index in [1.54, 1.807) is 7.11 Å². The summed E-state index contributed by atoms with van der Waals surface area (Å²) in [6, 6.07) is 17.6. The molecule has 1 fully saturated rings. The van der Waals surface area contributed by atoms with Gasteiger partial charge in [-0.1, -0.05) is 36.4 Å². The van der Waals surface area contributed by atoms with E-state index in [0.717, 1.165) is 18.3 Å². The molecule has 3 rings (SSSR count). The van der Waals surface area contributed by atoms with Gasteiger partial charge in [0.25, 0.3) is 0 Å². The lowest BCUT2D eigenvalue weighted by Crippen LogP contribution is -2.15. The minimum absolute atomic E-state index is 0.740. The molecule has 0 bridgehead atoms. The molecule has 1 saturated carbocycles. The highest BCUT2D eigenvalue weighted by molar-refractivity contribution is 5.67. The van der Waals surface area contributed by atoms with E-state index >= 15 is 0 Å². The molecular formula is C17H19NO. The number of methoxy groups -OCH3 is 1. The molecule has 1 N–H and O–H groups in total. The molecule has 2 heteroatoms. The van der Waals surface area contributed by atoms with Crippen LogP contribution in [0.5, 0.6) is 5.75 Å². The van der Waals surface area contributed by atoms with E-state index in [4.69, 9.17) is 4.74 Å². The van der Waals surface area contributed by atoms with Gasteiger partial charge in [0.05, 0.1) is 7.11 Å². The van der Waals surface area contributed by atoms with Crippen LogP contribution < -0.4 is 10.1 Å². The van der Waals surface area contributed by atoms with Gasteiger partial charge in [0.2, 0.25) is 0 Å². The zero-order valence-electron chi connectivity index (χ0n) is 11.2. The molecule has 2 aromatic carbocycles. The minimum Gasteiger partial charge on any atom is -0.497 e. The van der Waals surface area contributed by atoms with Crippen molar-refractivity contribution in [3.05, 3.63) is 54.1 Å². The molecule has 1 aliphatic carbocycles. The summed E-state index contributed by atoms with van der Waals surface area (Å²) in [4.78, 5) is 0. The molecule has 0 saturated heterocycles. The summed E-state index contributed by atoms with van der Waals surface area (Å²) in [6.45, 7) is 0.951. The molecule has 0 radical (unpaired) electrons. The minimum atomic E-state index is 0.740. The van der Waals surface area contributed by atoms with Crippen LogP contribution in [0.1, 0.15) is 18.4 Å². The molecule has 2 nitrogen and oxygen atoms in total. The highest BCUT2D eigenvalue weighted by atomic mass is 16.5. The van der Waals surface area contributed by atoms with Crippen LogP contribution in [-0.4, -0.2) is 13.2 Å². The first kappa shape index (κ1) is 12.2. The van der Waals surface area contributed by atoms with Gasteiger partial charge in [0.15, 0.2) is 0 Å². The number of hydrogen-bond acceptors (Lipinski definition) is 2. The van der Waals surface area contributed by atoms with Crippen molar-refractivity contribution in [1.29, 1.82) is 0 Å². The zero-order chi connectivity index (χ0) is 13.1. The Morgan fingerprint density at radius 2 is 1.79 bits per heavy atom. The van der Waals surface area contributed by atoms with E-state index in [0.29, 0.717) is 0 Å². The van der Waals surface area contributed by atoms with Gasteiger partial charge >= 0.3 is 0 Å². The standard InChI is InChI=1S/C17H19NO/c1-19-16-10-6-13(7-11-16)17-5-3-2-4-14(17)12-18-15-8-9-15/h2-7,10-11,15,18H,8-9,12H2,1H3. The predicted octanol–water partition coefficient (Wildman–Crippen LogP) is 3.61. The molecular weight excluding hydrogens is 234 g/mol. The number of benzene rings is 2. The van der Waals surface area contributed by atoms with E-state index < -0.39 is 0 Å². The lowest BCUT2D eigenvalue weighted by atomic mass is 9.99. The highest BCUT2D eigenvalue weighted by Gasteiger charge is 2.20. The van der Waals surface area contributed by atoms with Gasteiger partial charge in [-0.25, -0.2) is 0 Å². The second-order valence-electron chi connectivity index (χ2n) is 5.04. The quantitative estimate of drug-likeness (QED) is 0.878. The Bertz CT molecular complexity index is 543. The average Bonchev–Trinajstić information content (AvgIpc) is 3.30. The summed E-state index contributed by atoms with van der Waals surface area (Å²) < 4.78 is 5.21. The Balaban J connectivity index is 1.84. The van der Waals surface area contributed by atoms with Crippen LogP contribution in [0.2, 0.25) is 0 Å². The third kappa shape index (κ3) is 2.96. The van der Waals surface area contributed by atoms with Crippen LogP contribution in [-0.2, 0) is 6.54 Å². The van der Waals surface area contributed by atoms with Gasteiger partial charge in [-0.05, 0) is 41.7 Å². The van der Waals surface area contributed by atoms with E-state index in [-0.39, 0.29) is 0 Å². The van der Waals surface area contributed by atoms with Crippen molar-refractivity contribution >= 4 is 0 Å². The summed E-state index contributed by atoms with van der Waals surface area (Å²) in [5.74, 6) is 0.900. The maximum absolute atomic E-state index is 5.21. The highest BCUT2D eigenvalue weighted by Crippen LogP contribution is 2.27. The van der Waals surface area contributed by atoms with Crippen molar-refractivity contribution in [3.8, 4) is 16.9 Å². The Morgan fingerprint density at radius 1 is 1.05 bits per heavy atom. The van der Waals surface area contributed by atoms with Crippen molar-refractivity contribution < 1.29 is 4.74 Å². The lowest BCUT2D eigenvalue weighted by Gasteiger charge is -2.11. The van der Waals surface area contributed by atoms with Crippen molar-refractivity contribution in [2.24, 2.45) is 0 Å². The van der Waals surface area contributed by atoms with Gasteiger partial charge in [-0.2, -0.15) is 0 Å². The van der Waals surface area contributed by atoms with Crippen molar-refractivity contribution in [1.82, 2.24) is 5.32 Å². The lowest BCUT2D eigenvalue weighted by molar-refractivity contribution is 0.415. The molecule has 19 heavy (non-hydrogen) atoms. The number of hydrogen-bond donors (Lipinski definition) is 1. The van der Waals surface area contributed by atoms with Crippen LogP contribution in [0.15, 0.2) is 48.5 Å². The molecule has 2 aromatic rings. The summed E-state index contributed by atoms with van der Waals surface area (Å²) in [5.41, 5.74) is 3.91. The zero-order valence-corrected chi connectivity index (χ0v) is 11.2. The van der Waals surface area contributed by atoms with Crippen molar-refractivity contribution in [3.63, 3.8) is 0 Å². The number of nitrogens with one attached hydrogen (secondary N) is 1. The molecule has 0 heterocycles. The van der Waals surface area contributed by atoms with Gasteiger partial charge < -0.3 is 10.1 Å². The van der Waals surface area contributed by atoms with Crippen LogP contribution >= 0.6 is 0 Å². The molecule has 0 atom stereocenters. The Morgan fingerprint density at radius 3 is 2.47 bits per heavy atom. The summed E-state index contributed by atoms with van der Waals surface area (Å²) >= 11 is 0. The maximum Gasteiger partial charge on any atom is 0.118 e. The van der Waals surface area contributed by atoms with Crippen molar-refractivity contribution in [2.45, 2.75) is 25.4 Å². The van der Waals surface area contributed by atoms with E-state index in [2.05, 4.69) is 41.7 Å². The smallest absolute Gasteiger partial charge is 0.118 e. The van der Waals surface area contributed by atoms with E-state index in [1.807, 2.05) is 12.1 Å². The Hall–Kier alpha value is -1.80. The normalized spacial score (nSPS) is 14.4. The van der Waals surface area contributed by atoms with Gasteiger partial charge in [0, 0.05) is 12.6 Å². The van der Waals surface area contributed by atoms with Crippen LogP contribution in [0, 0.1) is 0 Å². The second kappa shape index (κ2) is 5.45. The molecule has 98 valence electrons. The topological polar surface area (TPSA) is 21.3 Å². The summed E-state index contributed by atoms with van der Waals surface area (Å²) in [6.07, 6.45) is 2.65. The first-order chi connectivity index (χ1) is 9.36. The average molecular weight is 253 g/mol. The van der Waals surface area contributed by atoms with Crippen molar-refractivity contribution in [2.75, 3.05) is 7.11 Å². The molecule has 0 aliphatic heterocycles. The van der Waals surface area contributed by atoms with Gasteiger partial charge in [0.1, 0.15) is 5.75 Å². The third-order valence-electron chi connectivity index (χ3n) is 3.58. The second-order valence-corrected chi connectivity index (χ2v) is 5.04. The molecule has 0 amide bonds. The van der Waals surface area contributed by atoms with Gasteiger partial charge in [-0.15, -0.1) is 0 Å². The largest absolute Gasteiger partial charge is 0.497 e. The Labute approximate surface area is 114 Å². The monoisotopic (exact) mass is 253 g/mol. The fourth-order valence-corrected chi connectivity index (χ4v) is 2.27. The molecule has 0 aromatic heterocycles. The van der Waals surface area contributed by atoms with Crippen LogP contribution in [0.25, 0.3) is 11.1 Å². The van der Waals surface area contributed by atoms with Crippen LogP contribution in [0.4, 0.5) is 0 Å². The predicted molar refractivity (Wildman–Crippen MR) is 78.3 cm³/mol. The fourth-order valence-electron chi connectivity index (χ4n) is 2.27. The Kier molecular flexibility index (Phi) is 3.51. The first-order valence-corrected chi connectivity index (χ1v) is 6.82. The molecule has 0 spiro atoms. The SMILES string of the molecule is COc1ccc(-c2ccccc2CNC2CC2)cc1. The molecule has 1 aliphatic rings. The third-order valence-corrected chi connectivity index (χ3v) is 3.58. The van der Waals surface area contributed by atoms with E-state index in [9.17, 15) is 0 Å². The summed E-state index contributed by atoms with van der Waals surface area (Å²) in [7, 11) is 1.70. The van der Waals surface area contributed by atoms with Gasteiger partial charge in [-0.3, -0.25) is 0 Å². The van der Waals surface area contributed by atoms with E-state index in [1.165, 1.54) is 29.5 Å². The number of ether oxygens (including phenoxy) is 1. The fraction of sp³-hybridized carbons (Fsp3) is 0.294. The maximum atomic E-state index is 5.21. The van der Waals surface area contributed by atoms with Crippen LogP contribution in [0.3, 0.4) is 0 Å². The number of rotatable bonds is 5.